The van der Waals surface area contributed by atoms with Crippen molar-refractivity contribution >= 4 is 11.7 Å². The summed E-state index contributed by atoms with van der Waals surface area (Å²) in [5.41, 5.74) is -0.313. The van der Waals surface area contributed by atoms with Gasteiger partial charge in [0.1, 0.15) is 5.75 Å². The first-order valence-electron chi connectivity index (χ1n) is 7.33. The smallest absolute Gasteiger partial charge is 0.416 e. The monoisotopic (exact) mass is 354 g/mol. The second-order valence-corrected chi connectivity index (χ2v) is 5.21. The van der Waals surface area contributed by atoms with Crippen LogP contribution in [0.5, 0.6) is 5.75 Å². The summed E-state index contributed by atoms with van der Waals surface area (Å²) in [5.74, 6) is 0.557. The molecule has 0 spiro atoms. The molecule has 1 atom stereocenters. The Kier molecular flexibility index (Phi) is 5.87. The largest absolute Gasteiger partial charge is 0.497 e. The van der Waals surface area contributed by atoms with E-state index in [-0.39, 0.29) is 12.1 Å². The van der Waals surface area contributed by atoms with Gasteiger partial charge >= 0.3 is 12.2 Å². The predicted octanol–water partition coefficient (Wildman–Crippen LogP) is 3.57. The molecule has 2 rings (SSSR count). The van der Waals surface area contributed by atoms with Crippen LogP contribution in [-0.2, 0) is 6.18 Å². The van der Waals surface area contributed by atoms with E-state index in [1.807, 2.05) is 0 Å². The standard InChI is InChI=1S/C17H17F3N2O3/c1-25-14-7-3-6-13(9-14)22-16(24)21-10-15(23)11-4-2-5-12(8-11)17(18,19)20/h2-9,15,23H,10H2,1H3,(H2,21,22,24). The van der Waals surface area contributed by atoms with Crippen LogP contribution in [0.1, 0.15) is 17.2 Å². The molecule has 2 aromatic carbocycles. The topological polar surface area (TPSA) is 70.6 Å². The summed E-state index contributed by atoms with van der Waals surface area (Å²) >= 11 is 0. The van der Waals surface area contributed by atoms with Crippen LogP contribution >= 0.6 is 0 Å². The summed E-state index contributed by atoms with van der Waals surface area (Å²) in [4.78, 5) is 11.8. The molecule has 3 N–H and O–H groups in total. The molecular weight excluding hydrogens is 337 g/mol. The van der Waals surface area contributed by atoms with Crippen LogP contribution in [0, 0.1) is 0 Å². The van der Waals surface area contributed by atoms with Crippen LogP contribution in [0.2, 0.25) is 0 Å². The molecule has 2 amide bonds. The average molecular weight is 354 g/mol. The highest BCUT2D eigenvalue weighted by Crippen LogP contribution is 2.30. The summed E-state index contributed by atoms with van der Waals surface area (Å²) < 4.78 is 43.1. The quantitative estimate of drug-likeness (QED) is 0.769. The summed E-state index contributed by atoms with van der Waals surface area (Å²) in [7, 11) is 1.49. The number of hydrogen-bond acceptors (Lipinski definition) is 3. The molecule has 0 aliphatic heterocycles. The number of amides is 2. The normalized spacial score (nSPS) is 12.4. The number of ether oxygens (including phenoxy) is 1. The molecular formula is C17H17F3N2O3. The molecule has 0 heterocycles. The number of rotatable bonds is 5. The van der Waals surface area contributed by atoms with E-state index >= 15 is 0 Å². The number of hydrogen-bond donors (Lipinski definition) is 3. The molecule has 0 fully saturated rings. The van der Waals surface area contributed by atoms with E-state index in [9.17, 15) is 23.1 Å². The van der Waals surface area contributed by atoms with Crippen molar-refractivity contribution in [3.63, 3.8) is 0 Å². The molecule has 0 aliphatic carbocycles. The minimum atomic E-state index is -4.49. The highest BCUT2D eigenvalue weighted by Gasteiger charge is 2.30. The lowest BCUT2D eigenvalue weighted by Crippen LogP contribution is -2.32. The fourth-order valence-corrected chi connectivity index (χ4v) is 2.11. The number of aliphatic hydroxyl groups is 1. The van der Waals surface area contributed by atoms with Crippen LogP contribution in [0.4, 0.5) is 23.7 Å². The maximum Gasteiger partial charge on any atom is 0.416 e. The van der Waals surface area contributed by atoms with Crippen LogP contribution in [0.3, 0.4) is 0 Å². The zero-order valence-electron chi connectivity index (χ0n) is 13.3. The second kappa shape index (κ2) is 7.89. The lowest BCUT2D eigenvalue weighted by atomic mass is 10.1. The zero-order chi connectivity index (χ0) is 18.4. The molecule has 1 unspecified atom stereocenters. The Morgan fingerprint density at radius 2 is 1.92 bits per heavy atom. The fraction of sp³-hybridized carbons (Fsp3) is 0.235. The fourth-order valence-electron chi connectivity index (χ4n) is 2.11. The maximum atomic E-state index is 12.7. The summed E-state index contributed by atoms with van der Waals surface area (Å²) in [6.07, 6.45) is -5.76. The van der Waals surface area contributed by atoms with Crippen molar-refractivity contribution in [2.24, 2.45) is 0 Å². The summed E-state index contributed by atoms with van der Waals surface area (Å²) in [6.45, 7) is -0.239. The van der Waals surface area contributed by atoms with Crippen molar-refractivity contribution in [3.8, 4) is 5.75 Å². The van der Waals surface area contributed by atoms with Gasteiger partial charge in [-0.05, 0) is 29.8 Å². The van der Waals surface area contributed by atoms with Crippen molar-refractivity contribution < 1.29 is 27.8 Å². The molecule has 0 bridgehead atoms. The number of nitrogens with one attached hydrogen (secondary N) is 2. The van der Waals surface area contributed by atoms with E-state index in [0.717, 1.165) is 12.1 Å². The molecule has 8 heteroatoms. The Hall–Kier alpha value is -2.74. The van der Waals surface area contributed by atoms with Gasteiger partial charge < -0.3 is 20.5 Å². The molecule has 0 radical (unpaired) electrons. The summed E-state index contributed by atoms with van der Waals surface area (Å²) in [6, 6.07) is 10.4. The summed E-state index contributed by atoms with van der Waals surface area (Å²) in [5, 5.41) is 14.9. The maximum absolute atomic E-state index is 12.7. The van der Waals surface area contributed by atoms with Gasteiger partial charge in [-0.2, -0.15) is 13.2 Å². The number of benzene rings is 2. The number of carbonyl (C=O) groups is 1. The Balaban J connectivity index is 1.93. The number of carbonyl (C=O) groups excluding carboxylic acids is 1. The molecule has 25 heavy (non-hydrogen) atoms. The molecule has 0 saturated heterocycles. The third-order valence-corrected chi connectivity index (χ3v) is 3.38. The first kappa shape index (κ1) is 18.6. The van der Waals surface area contributed by atoms with Gasteiger partial charge in [0.25, 0.3) is 0 Å². The Morgan fingerprint density at radius 1 is 1.20 bits per heavy atom. The molecule has 0 aromatic heterocycles. The third-order valence-electron chi connectivity index (χ3n) is 3.38. The van der Waals surface area contributed by atoms with Crippen LogP contribution in [0.25, 0.3) is 0 Å². The SMILES string of the molecule is COc1cccc(NC(=O)NCC(O)c2cccc(C(F)(F)F)c2)c1. The second-order valence-electron chi connectivity index (χ2n) is 5.21. The van der Waals surface area contributed by atoms with Gasteiger partial charge in [0.15, 0.2) is 0 Å². The molecule has 0 saturated carbocycles. The number of urea groups is 1. The van der Waals surface area contributed by atoms with E-state index in [0.29, 0.717) is 11.4 Å². The van der Waals surface area contributed by atoms with Gasteiger partial charge in [-0.25, -0.2) is 4.79 Å². The Bertz CT molecular complexity index is 735. The van der Waals surface area contributed by atoms with E-state index in [4.69, 9.17) is 4.74 Å². The van der Waals surface area contributed by atoms with E-state index in [2.05, 4.69) is 10.6 Å². The highest BCUT2D eigenvalue weighted by atomic mass is 19.4. The van der Waals surface area contributed by atoms with Crippen molar-refractivity contribution in [2.45, 2.75) is 12.3 Å². The number of methoxy groups -OCH3 is 1. The predicted molar refractivity (Wildman–Crippen MR) is 86.4 cm³/mol. The number of aliphatic hydroxyl groups excluding tert-OH is 1. The van der Waals surface area contributed by atoms with Gasteiger partial charge in [0.2, 0.25) is 0 Å². The van der Waals surface area contributed by atoms with Gasteiger partial charge in [-0.15, -0.1) is 0 Å². The van der Waals surface area contributed by atoms with Gasteiger partial charge in [0.05, 0.1) is 18.8 Å². The molecule has 5 nitrogen and oxygen atoms in total. The third kappa shape index (κ3) is 5.39. The van der Waals surface area contributed by atoms with Gasteiger partial charge in [-0.3, -0.25) is 0 Å². The van der Waals surface area contributed by atoms with Gasteiger partial charge in [0, 0.05) is 18.3 Å². The first-order valence-corrected chi connectivity index (χ1v) is 7.33. The van der Waals surface area contributed by atoms with Crippen LogP contribution in [0.15, 0.2) is 48.5 Å². The lowest BCUT2D eigenvalue weighted by Gasteiger charge is -2.15. The van der Waals surface area contributed by atoms with Crippen molar-refractivity contribution in [3.05, 3.63) is 59.7 Å². The number of halogens is 3. The number of anilines is 1. The van der Waals surface area contributed by atoms with E-state index in [1.54, 1.807) is 24.3 Å². The molecule has 2 aromatic rings. The van der Waals surface area contributed by atoms with Crippen molar-refractivity contribution in [1.82, 2.24) is 5.32 Å². The Labute approximate surface area is 142 Å². The molecule has 134 valence electrons. The van der Waals surface area contributed by atoms with Crippen LogP contribution < -0.4 is 15.4 Å². The minimum Gasteiger partial charge on any atom is -0.497 e. The van der Waals surface area contributed by atoms with E-state index < -0.39 is 23.9 Å². The average Bonchev–Trinajstić information content (AvgIpc) is 2.59. The van der Waals surface area contributed by atoms with E-state index in [1.165, 1.54) is 19.2 Å². The number of alkyl halides is 3. The van der Waals surface area contributed by atoms with Crippen LogP contribution in [-0.4, -0.2) is 24.8 Å². The lowest BCUT2D eigenvalue weighted by molar-refractivity contribution is -0.137. The van der Waals surface area contributed by atoms with Crippen molar-refractivity contribution in [1.29, 1.82) is 0 Å². The Morgan fingerprint density at radius 3 is 2.60 bits per heavy atom. The highest BCUT2D eigenvalue weighted by molar-refractivity contribution is 5.89. The van der Waals surface area contributed by atoms with Crippen molar-refractivity contribution in [2.75, 3.05) is 19.0 Å². The van der Waals surface area contributed by atoms with Gasteiger partial charge in [-0.1, -0.05) is 18.2 Å². The first-order chi connectivity index (χ1) is 11.8. The molecule has 0 aliphatic rings. The minimum absolute atomic E-state index is 0.0662. The zero-order valence-corrected chi connectivity index (χ0v) is 13.3.